The third kappa shape index (κ3) is 4.02. The summed E-state index contributed by atoms with van der Waals surface area (Å²) in [5.41, 5.74) is -0.278. The average Bonchev–Trinajstić information content (AvgIpc) is 2.12. The molecule has 0 aliphatic rings. The van der Waals surface area contributed by atoms with Crippen LogP contribution in [0.25, 0.3) is 0 Å². The molecule has 0 saturated carbocycles. The van der Waals surface area contributed by atoms with Gasteiger partial charge in [-0.1, -0.05) is 20.8 Å². The SMILES string of the molecule is CC(C)(C)NC(=O)c1cc(C(C)(C)C)cc(=O)o1. The number of carbonyl (C=O) groups is 1. The Bertz CT molecular complexity index is 501. The van der Waals surface area contributed by atoms with Gasteiger partial charge in [-0.05, 0) is 37.8 Å². The summed E-state index contributed by atoms with van der Waals surface area (Å²) in [4.78, 5) is 23.4. The molecule has 0 bridgehead atoms. The molecule has 4 heteroatoms. The van der Waals surface area contributed by atoms with Crippen molar-refractivity contribution >= 4 is 5.91 Å². The van der Waals surface area contributed by atoms with E-state index in [0.29, 0.717) is 0 Å². The molecule has 1 rings (SSSR count). The molecule has 0 radical (unpaired) electrons. The van der Waals surface area contributed by atoms with Gasteiger partial charge in [-0.25, -0.2) is 4.79 Å². The fraction of sp³-hybridized carbons (Fsp3) is 0.571. The van der Waals surface area contributed by atoms with Crippen LogP contribution >= 0.6 is 0 Å². The fourth-order valence-corrected chi connectivity index (χ4v) is 1.42. The Morgan fingerprint density at radius 3 is 2.11 bits per heavy atom. The average molecular weight is 251 g/mol. The second-order valence-corrected chi connectivity index (χ2v) is 6.48. The molecule has 0 saturated heterocycles. The van der Waals surface area contributed by atoms with Gasteiger partial charge in [0.15, 0.2) is 5.76 Å². The maximum atomic E-state index is 11.9. The van der Waals surface area contributed by atoms with E-state index >= 15 is 0 Å². The van der Waals surface area contributed by atoms with Crippen LogP contribution in [0.4, 0.5) is 0 Å². The van der Waals surface area contributed by atoms with Gasteiger partial charge in [0, 0.05) is 11.6 Å². The highest BCUT2D eigenvalue weighted by atomic mass is 16.4. The van der Waals surface area contributed by atoms with Gasteiger partial charge < -0.3 is 9.73 Å². The van der Waals surface area contributed by atoms with Gasteiger partial charge in [-0.3, -0.25) is 4.79 Å². The van der Waals surface area contributed by atoms with Crippen molar-refractivity contribution in [3.63, 3.8) is 0 Å². The molecular weight excluding hydrogens is 230 g/mol. The summed E-state index contributed by atoms with van der Waals surface area (Å²) < 4.78 is 4.95. The van der Waals surface area contributed by atoms with Gasteiger partial charge in [0.1, 0.15) is 0 Å². The van der Waals surface area contributed by atoms with Gasteiger partial charge in [-0.15, -0.1) is 0 Å². The Labute approximate surface area is 107 Å². The van der Waals surface area contributed by atoms with Crippen molar-refractivity contribution in [2.75, 3.05) is 0 Å². The van der Waals surface area contributed by atoms with Gasteiger partial charge in [-0.2, -0.15) is 0 Å². The summed E-state index contributed by atoms with van der Waals surface area (Å²) >= 11 is 0. The zero-order valence-electron chi connectivity index (χ0n) is 11.9. The zero-order valence-corrected chi connectivity index (χ0v) is 11.9. The zero-order chi connectivity index (χ0) is 14.1. The van der Waals surface area contributed by atoms with E-state index in [1.54, 1.807) is 6.07 Å². The van der Waals surface area contributed by atoms with Crippen LogP contribution in [0.2, 0.25) is 0 Å². The molecule has 1 heterocycles. The van der Waals surface area contributed by atoms with Gasteiger partial charge in [0.25, 0.3) is 5.91 Å². The van der Waals surface area contributed by atoms with Gasteiger partial charge >= 0.3 is 5.63 Å². The molecule has 0 unspecified atom stereocenters. The summed E-state index contributed by atoms with van der Waals surface area (Å²) in [7, 11) is 0. The first-order chi connectivity index (χ1) is 7.99. The normalized spacial score (nSPS) is 12.3. The topological polar surface area (TPSA) is 59.3 Å². The first-order valence-corrected chi connectivity index (χ1v) is 5.97. The Morgan fingerprint density at radius 1 is 1.11 bits per heavy atom. The fourth-order valence-electron chi connectivity index (χ4n) is 1.42. The van der Waals surface area contributed by atoms with Gasteiger partial charge in [0.2, 0.25) is 0 Å². The number of amides is 1. The van der Waals surface area contributed by atoms with Crippen molar-refractivity contribution in [2.45, 2.75) is 52.5 Å². The molecule has 0 fully saturated rings. The molecule has 100 valence electrons. The summed E-state index contributed by atoms with van der Waals surface area (Å²) in [5.74, 6) is -0.312. The molecule has 0 aliphatic heterocycles. The number of rotatable bonds is 1. The van der Waals surface area contributed by atoms with Crippen LogP contribution in [0.1, 0.15) is 57.7 Å². The minimum absolute atomic E-state index is 0.0577. The largest absolute Gasteiger partial charge is 0.417 e. The van der Waals surface area contributed by atoms with Crippen molar-refractivity contribution in [2.24, 2.45) is 0 Å². The Balaban J connectivity index is 3.15. The first-order valence-electron chi connectivity index (χ1n) is 5.97. The molecule has 0 aromatic carbocycles. The van der Waals surface area contributed by atoms with E-state index in [4.69, 9.17) is 4.42 Å². The lowest BCUT2D eigenvalue weighted by Crippen LogP contribution is -2.41. The monoisotopic (exact) mass is 251 g/mol. The summed E-state index contributed by atoms with van der Waals surface area (Å²) in [6.45, 7) is 11.6. The summed E-state index contributed by atoms with van der Waals surface area (Å²) in [6, 6.07) is 3.05. The van der Waals surface area contributed by atoms with E-state index in [9.17, 15) is 9.59 Å². The minimum atomic E-state index is -0.499. The van der Waals surface area contributed by atoms with E-state index in [-0.39, 0.29) is 22.6 Å². The van der Waals surface area contributed by atoms with Crippen LogP contribution in [0, 0.1) is 0 Å². The number of carbonyl (C=O) groups excluding carboxylic acids is 1. The summed E-state index contributed by atoms with van der Waals surface area (Å²) in [6.07, 6.45) is 0. The van der Waals surface area contributed by atoms with E-state index in [0.717, 1.165) is 5.56 Å². The molecule has 0 atom stereocenters. The molecule has 18 heavy (non-hydrogen) atoms. The molecule has 4 nitrogen and oxygen atoms in total. The van der Waals surface area contributed by atoms with Crippen molar-refractivity contribution in [3.05, 3.63) is 33.9 Å². The third-order valence-electron chi connectivity index (χ3n) is 2.35. The Hall–Kier alpha value is -1.58. The van der Waals surface area contributed by atoms with E-state index < -0.39 is 5.63 Å². The predicted octanol–water partition coefficient (Wildman–Crippen LogP) is 2.47. The van der Waals surface area contributed by atoms with Crippen molar-refractivity contribution in [3.8, 4) is 0 Å². The molecular formula is C14H21NO3. The molecule has 1 amide bonds. The van der Waals surface area contributed by atoms with E-state index in [1.807, 2.05) is 41.5 Å². The van der Waals surface area contributed by atoms with E-state index in [2.05, 4.69) is 5.32 Å². The minimum Gasteiger partial charge on any atom is -0.417 e. The lowest BCUT2D eigenvalue weighted by atomic mass is 9.87. The third-order valence-corrected chi connectivity index (χ3v) is 2.35. The van der Waals surface area contributed by atoms with Gasteiger partial charge in [0.05, 0.1) is 0 Å². The highest BCUT2D eigenvalue weighted by Crippen LogP contribution is 2.21. The maximum Gasteiger partial charge on any atom is 0.336 e. The van der Waals surface area contributed by atoms with Crippen LogP contribution in [0.5, 0.6) is 0 Å². The molecule has 0 spiro atoms. The first kappa shape index (κ1) is 14.5. The summed E-state index contributed by atoms with van der Waals surface area (Å²) in [5, 5.41) is 2.77. The highest BCUT2D eigenvalue weighted by Gasteiger charge is 2.21. The lowest BCUT2D eigenvalue weighted by Gasteiger charge is -2.21. The smallest absolute Gasteiger partial charge is 0.336 e. The Kier molecular flexibility index (Phi) is 3.70. The predicted molar refractivity (Wildman–Crippen MR) is 70.9 cm³/mol. The second kappa shape index (κ2) is 4.59. The standard InChI is InChI=1S/C14H21NO3/c1-13(2,3)9-7-10(18-11(16)8-9)12(17)15-14(4,5)6/h7-8H,1-6H3,(H,15,17). The maximum absolute atomic E-state index is 11.9. The van der Waals surface area contributed by atoms with Crippen molar-refractivity contribution in [1.82, 2.24) is 5.32 Å². The molecule has 1 aromatic rings. The lowest BCUT2D eigenvalue weighted by molar-refractivity contribution is 0.0886. The van der Waals surface area contributed by atoms with Crippen LogP contribution < -0.4 is 10.9 Å². The number of hydrogen-bond donors (Lipinski definition) is 1. The van der Waals surface area contributed by atoms with Crippen molar-refractivity contribution < 1.29 is 9.21 Å². The quantitative estimate of drug-likeness (QED) is 0.834. The molecule has 1 N–H and O–H groups in total. The van der Waals surface area contributed by atoms with Crippen LogP contribution in [0.3, 0.4) is 0 Å². The Morgan fingerprint density at radius 2 is 1.67 bits per heavy atom. The molecule has 0 aliphatic carbocycles. The second-order valence-electron chi connectivity index (χ2n) is 6.48. The van der Waals surface area contributed by atoms with Crippen LogP contribution in [-0.4, -0.2) is 11.4 Å². The number of hydrogen-bond acceptors (Lipinski definition) is 3. The van der Waals surface area contributed by atoms with Crippen LogP contribution in [0.15, 0.2) is 21.3 Å². The van der Waals surface area contributed by atoms with E-state index in [1.165, 1.54) is 6.07 Å². The molecule has 1 aromatic heterocycles. The van der Waals surface area contributed by atoms with Crippen molar-refractivity contribution in [1.29, 1.82) is 0 Å². The van der Waals surface area contributed by atoms with Crippen LogP contribution in [-0.2, 0) is 5.41 Å². The number of nitrogens with one attached hydrogen (secondary N) is 1. The highest BCUT2D eigenvalue weighted by molar-refractivity contribution is 5.91.